The number of aromatic amines is 1. The number of hydrogen-bond acceptors (Lipinski definition) is 5. The number of H-pyrrole nitrogens is 1. The van der Waals surface area contributed by atoms with Crippen molar-refractivity contribution in [2.24, 2.45) is 0 Å². The van der Waals surface area contributed by atoms with Gasteiger partial charge in [0.05, 0.1) is 12.6 Å². The van der Waals surface area contributed by atoms with E-state index >= 15 is 0 Å². The van der Waals surface area contributed by atoms with Gasteiger partial charge in [0.25, 0.3) is 0 Å². The number of carbonyl (C=O) groups excluding carboxylic acids is 2. The van der Waals surface area contributed by atoms with Crippen LogP contribution in [0.5, 0.6) is 0 Å². The van der Waals surface area contributed by atoms with Crippen LogP contribution in [0.1, 0.15) is 54.0 Å². The molecule has 138 valence electrons. The maximum absolute atomic E-state index is 13.7. The Labute approximate surface area is 150 Å². The van der Waals surface area contributed by atoms with Gasteiger partial charge in [0, 0.05) is 13.0 Å². The van der Waals surface area contributed by atoms with Crippen molar-refractivity contribution in [3.8, 4) is 0 Å². The second-order valence-electron chi connectivity index (χ2n) is 6.11. The SMILES string of the molecule is CCOC(=O)c1n[nH]nc1C1CCCN1C(=O)CCc1ccccc1F. The van der Waals surface area contributed by atoms with E-state index in [0.717, 1.165) is 6.42 Å². The lowest BCUT2D eigenvalue weighted by atomic mass is 10.1. The van der Waals surface area contributed by atoms with Gasteiger partial charge in [-0.15, -0.1) is 5.10 Å². The van der Waals surface area contributed by atoms with Crippen molar-refractivity contribution < 1.29 is 18.7 Å². The molecule has 1 aromatic carbocycles. The summed E-state index contributed by atoms with van der Waals surface area (Å²) in [5.41, 5.74) is 1.07. The first-order chi connectivity index (χ1) is 12.6. The Bertz CT molecular complexity index is 792. The zero-order valence-electron chi connectivity index (χ0n) is 14.6. The number of halogens is 1. The molecule has 1 unspecified atom stereocenters. The summed E-state index contributed by atoms with van der Waals surface area (Å²) in [6.45, 7) is 2.53. The van der Waals surface area contributed by atoms with Crippen LogP contribution in [0.4, 0.5) is 4.39 Å². The van der Waals surface area contributed by atoms with Crippen molar-refractivity contribution in [2.45, 2.75) is 38.6 Å². The molecular weight excluding hydrogens is 339 g/mol. The number of benzene rings is 1. The van der Waals surface area contributed by atoms with E-state index in [0.29, 0.717) is 30.6 Å². The first-order valence-electron chi connectivity index (χ1n) is 8.72. The normalized spacial score (nSPS) is 16.7. The van der Waals surface area contributed by atoms with Crippen LogP contribution in [0.15, 0.2) is 24.3 Å². The number of esters is 1. The molecule has 1 atom stereocenters. The number of hydrogen-bond donors (Lipinski definition) is 1. The molecule has 0 saturated carbocycles. The van der Waals surface area contributed by atoms with Gasteiger partial charge in [-0.2, -0.15) is 10.3 Å². The van der Waals surface area contributed by atoms with E-state index in [9.17, 15) is 14.0 Å². The molecule has 8 heteroatoms. The van der Waals surface area contributed by atoms with E-state index in [1.807, 2.05) is 0 Å². The Kier molecular flexibility index (Phi) is 5.60. The van der Waals surface area contributed by atoms with Crippen molar-refractivity contribution in [2.75, 3.05) is 13.2 Å². The molecule has 1 N–H and O–H groups in total. The van der Waals surface area contributed by atoms with E-state index < -0.39 is 5.97 Å². The highest BCUT2D eigenvalue weighted by atomic mass is 19.1. The summed E-state index contributed by atoms with van der Waals surface area (Å²) < 4.78 is 18.7. The Morgan fingerprint density at radius 3 is 2.92 bits per heavy atom. The molecule has 1 aliphatic heterocycles. The van der Waals surface area contributed by atoms with E-state index in [1.54, 1.807) is 30.0 Å². The number of aromatic nitrogens is 3. The number of rotatable bonds is 6. The lowest BCUT2D eigenvalue weighted by Gasteiger charge is -2.23. The molecule has 0 bridgehead atoms. The number of carbonyl (C=O) groups is 2. The van der Waals surface area contributed by atoms with Crippen LogP contribution in [0.2, 0.25) is 0 Å². The van der Waals surface area contributed by atoms with E-state index in [4.69, 9.17) is 4.74 Å². The van der Waals surface area contributed by atoms with Crippen LogP contribution >= 0.6 is 0 Å². The predicted octanol–water partition coefficient (Wildman–Crippen LogP) is 2.42. The van der Waals surface area contributed by atoms with Crippen molar-refractivity contribution in [1.29, 1.82) is 0 Å². The Balaban J connectivity index is 1.70. The number of aryl methyl sites for hydroxylation is 1. The fourth-order valence-corrected chi connectivity index (χ4v) is 3.26. The number of nitrogens with one attached hydrogen (secondary N) is 1. The van der Waals surface area contributed by atoms with Gasteiger partial charge in [0.2, 0.25) is 5.91 Å². The number of ether oxygens (including phenoxy) is 1. The van der Waals surface area contributed by atoms with Gasteiger partial charge in [-0.1, -0.05) is 18.2 Å². The van der Waals surface area contributed by atoms with Crippen LogP contribution in [0, 0.1) is 5.82 Å². The molecule has 1 aliphatic rings. The van der Waals surface area contributed by atoms with Gasteiger partial charge < -0.3 is 9.64 Å². The Morgan fingerprint density at radius 1 is 1.35 bits per heavy atom. The van der Waals surface area contributed by atoms with Gasteiger partial charge in [-0.3, -0.25) is 4.79 Å². The smallest absolute Gasteiger partial charge is 0.360 e. The first-order valence-corrected chi connectivity index (χ1v) is 8.72. The minimum Gasteiger partial charge on any atom is -0.461 e. The van der Waals surface area contributed by atoms with Crippen LogP contribution in [-0.2, 0) is 16.0 Å². The molecule has 1 fully saturated rings. The Morgan fingerprint density at radius 2 is 2.15 bits per heavy atom. The summed E-state index contributed by atoms with van der Waals surface area (Å²) >= 11 is 0. The third-order valence-electron chi connectivity index (χ3n) is 4.50. The quantitative estimate of drug-likeness (QED) is 0.799. The molecule has 2 aromatic rings. The standard InChI is InChI=1S/C18H21FN4O3/c1-2-26-18(25)17-16(20-22-21-17)14-8-5-11-23(14)15(24)10-9-12-6-3-4-7-13(12)19/h3-4,6-7,14H,2,5,8-11H2,1H3,(H,20,21,22). The van der Waals surface area contributed by atoms with Gasteiger partial charge >= 0.3 is 5.97 Å². The predicted molar refractivity (Wildman–Crippen MR) is 90.7 cm³/mol. The average molecular weight is 360 g/mol. The molecule has 0 spiro atoms. The summed E-state index contributed by atoms with van der Waals surface area (Å²) in [6.07, 6.45) is 2.04. The van der Waals surface area contributed by atoms with Crippen LogP contribution in [0.25, 0.3) is 0 Å². The topological polar surface area (TPSA) is 88.2 Å². The van der Waals surface area contributed by atoms with E-state index in [1.165, 1.54) is 6.07 Å². The van der Waals surface area contributed by atoms with Gasteiger partial charge in [0.15, 0.2) is 5.69 Å². The van der Waals surface area contributed by atoms with Crippen molar-refractivity contribution in [3.05, 3.63) is 47.0 Å². The maximum Gasteiger partial charge on any atom is 0.360 e. The molecule has 1 amide bonds. The first kappa shape index (κ1) is 18.0. The number of amides is 1. The molecule has 7 nitrogen and oxygen atoms in total. The van der Waals surface area contributed by atoms with Crippen LogP contribution < -0.4 is 0 Å². The molecule has 1 aromatic heterocycles. The lowest BCUT2D eigenvalue weighted by Crippen LogP contribution is -2.31. The zero-order valence-corrected chi connectivity index (χ0v) is 14.6. The highest BCUT2D eigenvalue weighted by molar-refractivity contribution is 5.88. The zero-order chi connectivity index (χ0) is 18.5. The molecule has 2 heterocycles. The van der Waals surface area contributed by atoms with Crippen LogP contribution in [-0.4, -0.2) is 45.3 Å². The molecule has 3 rings (SSSR count). The summed E-state index contributed by atoms with van der Waals surface area (Å²) in [7, 11) is 0. The van der Waals surface area contributed by atoms with E-state index in [2.05, 4.69) is 15.4 Å². The van der Waals surface area contributed by atoms with Gasteiger partial charge in [0.1, 0.15) is 11.5 Å². The van der Waals surface area contributed by atoms with Gasteiger partial charge in [-0.25, -0.2) is 9.18 Å². The fourth-order valence-electron chi connectivity index (χ4n) is 3.26. The second kappa shape index (κ2) is 8.07. The molecule has 0 aliphatic carbocycles. The Hall–Kier alpha value is -2.77. The largest absolute Gasteiger partial charge is 0.461 e. The minimum atomic E-state index is -0.554. The molecule has 26 heavy (non-hydrogen) atoms. The average Bonchev–Trinajstić information content (AvgIpc) is 3.29. The molecule has 0 radical (unpaired) electrons. The summed E-state index contributed by atoms with van der Waals surface area (Å²) in [4.78, 5) is 26.4. The summed E-state index contributed by atoms with van der Waals surface area (Å²) in [6, 6.07) is 6.13. The lowest BCUT2D eigenvalue weighted by molar-refractivity contribution is -0.132. The third-order valence-corrected chi connectivity index (χ3v) is 4.50. The van der Waals surface area contributed by atoms with Gasteiger partial charge in [-0.05, 0) is 37.8 Å². The fraction of sp³-hybridized carbons (Fsp3) is 0.444. The van der Waals surface area contributed by atoms with E-state index in [-0.39, 0.29) is 36.5 Å². The summed E-state index contributed by atoms with van der Waals surface area (Å²) in [5, 5.41) is 10.4. The highest BCUT2D eigenvalue weighted by Crippen LogP contribution is 2.33. The second-order valence-corrected chi connectivity index (χ2v) is 6.11. The maximum atomic E-state index is 13.7. The number of nitrogens with zero attached hydrogens (tertiary/aromatic N) is 3. The third kappa shape index (κ3) is 3.74. The minimum absolute atomic E-state index is 0.0893. The monoisotopic (exact) mass is 360 g/mol. The molecular formula is C18H21FN4O3. The van der Waals surface area contributed by atoms with Crippen molar-refractivity contribution >= 4 is 11.9 Å². The number of likely N-dealkylation sites (tertiary alicyclic amines) is 1. The van der Waals surface area contributed by atoms with Crippen molar-refractivity contribution in [3.63, 3.8) is 0 Å². The summed E-state index contributed by atoms with van der Waals surface area (Å²) in [5.74, 6) is -0.949. The molecule has 1 saturated heterocycles. The highest BCUT2D eigenvalue weighted by Gasteiger charge is 2.35. The van der Waals surface area contributed by atoms with Crippen molar-refractivity contribution in [1.82, 2.24) is 20.3 Å². The van der Waals surface area contributed by atoms with Crippen LogP contribution in [0.3, 0.4) is 0 Å².